The first-order valence-corrected chi connectivity index (χ1v) is 6.74. The normalized spacial score (nSPS) is 43.4. The van der Waals surface area contributed by atoms with Crippen LogP contribution in [0.3, 0.4) is 0 Å². The zero-order valence-corrected chi connectivity index (χ0v) is 12.0. The Morgan fingerprint density at radius 1 is 1.15 bits per heavy atom. The molecule has 3 saturated heterocycles. The molecule has 0 amide bonds. The van der Waals surface area contributed by atoms with Gasteiger partial charge < -0.3 is 28.8 Å². The van der Waals surface area contributed by atoms with E-state index in [2.05, 4.69) is 0 Å². The molecule has 3 rings (SSSR count). The minimum atomic E-state index is -1.02. The lowest BCUT2D eigenvalue weighted by atomic mass is 10.0. The van der Waals surface area contributed by atoms with E-state index < -0.39 is 48.1 Å². The molecule has 3 aliphatic heterocycles. The third-order valence-electron chi connectivity index (χ3n) is 3.69. The Morgan fingerprint density at radius 3 is 2.45 bits per heavy atom. The van der Waals surface area contributed by atoms with Crippen LogP contribution >= 0.6 is 0 Å². The molecule has 0 spiro atoms. The second-order valence-electron chi connectivity index (χ2n) is 6.28. The first kappa shape index (κ1) is 14.2. The molecule has 3 aliphatic rings. The number of carbonyl (C=O) groups is 1. The molecular formula is C13H20O7. The number of carbonyl (C=O) groups excluding carboxylic acids is 1. The van der Waals surface area contributed by atoms with Crippen LogP contribution in [0.2, 0.25) is 0 Å². The third-order valence-corrected chi connectivity index (χ3v) is 3.69. The molecule has 3 heterocycles. The van der Waals surface area contributed by atoms with Gasteiger partial charge in [-0.1, -0.05) is 0 Å². The van der Waals surface area contributed by atoms with Crippen molar-refractivity contribution in [2.24, 2.45) is 0 Å². The number of aliphatic hydroxyl groups is 1. The molecule has 0 aromatic heterocycles. The number of hydrogen-bond donors (Lipinski definition) is 1. The summed E-state index contributed by atoms with van der Waals surface area (Å²) < 4.78 is 27.4. The lowest BCUT2D eigenvalue weighted by Crippen LogP contribution is -2.46. The van der Waals surface area contributed by atoms with E-state index in [0.717, 1.165) is 0 Å². The van der Waals surface area contributed by atoms with E-state index in [1.165, 1.54) is 0 Å². The van der Waals surface area contributed by atoms with Gasteiger partial charge in [-0.05, 0) is 27.7 Å². The van der Waals surface area contributed by atoms with Gasteiger partial charge in [0.25, 0.3) is 0 Å². The molecule has 0 aliphatic carbocycles. The Labute approximate surface area is 117 Å². The van der Waals surface area contributed by atoms with Crippen LogP contribution in [0.4, 0.5) is 0 Å². The SMILES string of the molecule is CC1(C)OC[C@H]([C@@H](O)[C@@H]2OC(=O)[C@@H]3OC(C)(C)O[C@H]23)O1. The van der Waals surface area contributed by atoms with Gasteiger partial charge in [0, 0.05) is 0 Å². The van der Waals surface area contributed by atoms with Gasteiger partial charge in [0.2, 0.25) is 0 Å². The molecule has 0 bridgehead atoms. The van der Waals surface area contributed by atoms with Crippen molar-refractivity contribution < 1.29 is 33.6 Å². The van der Waals surface area contributed by atoms with Crippen molar-refractivity contribution in [3.05, 3.63) is 0 Å². The van der Waals surface area contributed by atoms with Crippen LogP contribution in [-0.4, -0.2) is 59.8 Å². The summed E-state index contributed by atoms with van der Waals surface area (Å²) in [7, 11) is 0. The molecule has 114 valence electrons. The molecule has 0 radical (unpaired) electrons. The highest BCUT2D eigenvalue weighted by atomic mass is 16.8. The number of aliphatic hydroxyl groups excluding tert-OH is 1. The van der Waals surface area contributed by atoms with Crippen molar-refractivity contribution in [2.45, 2.75) is 69.8 Å². The van der Waals surface area contributed by atoms with E-state index in [0.29, 0.717) is 0 Å². The van der Waals surface area contributed by atoms with Crippen LogP contribution < -0.4 is 0 Å². The fourth-order valence-electron chi connectivity index (χ4n) is 2.84. The summed E-state index contributed by atoms with van der Waals surface area (Å²) in [5, 5.41) is 10.4. The second kappa shape index (κ2) is 4.38. The summed E-state index contributed by atoms with van der Waals surface area (Å²) in [4.78, 5) is 11.8. The van der Waals surface area contributed by atoms with Gasteiger partial charge >= 0.3 is 5.97 Å². The molecule has 3 fully saturated rings. The average molecular weight is 288 g/mol. The van der Waals surface area contributed by atoms with Crippen LogP contribution in [0.5, 0.6) is 0 Å². The molecule has 1 N–H and O–H groups in total. The van der Waals surface area contributed by atoms with Gasteiger partial charge in [-0.25, -0.2) is 4.79 Å². The van der Waals surface area contributed by atoms with Gasteiger partial charge in [0.15, 0.2) is 23.8 Å². The Morgan fingerprint density at radius 2 is 1.85 bits per heavy atom. The predicted molar refractivity (Wildman–Crippen MR) is 64.6 cm³/mol. The Kier molecular flexibility index (Phi) is 3.11. The molecule has 20 heavy (non-hydrogen) atoms. The standard InChI is InChI=1S/C13H20O7/c1-12(2)16-5-6(18-12)7(14)8-9-10(11(15)17-8)20-13(3,4)19-9/h6-10,14H,5H2,1-4H3/t6-,7-,8+,9-,10-/m1/s1. The van der Waals surface area contributed by atoms with Gasteiger partial charge in [-0.3, -0.25) is 0 Å². The molecule has 0 aromatic rings. The summed E-state index contributed by atoms with van der Waals surface area (Å²) in [6.07, 6.45) is -3.81. The fourth-order valence-corrected chi connectivity index (χ4v) is 2.84. The summed E-state index contributed by atoms with van der Waals surface area (Å²) in [6.45, 7) is 7.22. The van der Waals surface area contributed by atoms with Gasteiger partial charge in [-0.2, -0.15) is 0 Å². The first-order valence-electron chi connectivity index (χ1n) is 6.74. The molecule has 0 unspecified atom stereocenters. The van der Waals surface area contributed by atoms with Crippen molar-refractivity contribution in [3.63, 3.8) is 0 Å². The van der Waals surface area contributed by atoms with E-state index in [1.807, 2.05) is 0 Å². The Hall–Kier alpha value is -0.730. The number of esters is 1. The maximum absolute atomic E-state index is 11.8. The lowest BCUT2D eigenvalue weighted by Gasteiger charge is -2.27. The number of fused-ring (bicyclic) bond motifs is 1. The third kappa shape index (κ3) is 2.33. The Bertz CT molecular complexity index is 419. The quantitative estimate of drug-likeness (QED) is 0.713. The summed E-state index contributed by atoms with van der Waals surface area (Å²) in [5.74, 6) is -2.12. The molecule has 0 saturated carbocycles. The van der Waals surface area contributed by atoms with Crippen LogP contribution in [0.1, 0.15) is 27.7 Å². The van der Waals surface area contributed by atoms with Crippen molar-refractivity contribution in [2.75, 3.05) is 6.61 Å². The maximum Gasteiger partial charge on any atom is 0.338 e. The Balaban J connectivity index is 1.73. The molecule has 5 atom stereocenters. The average Bonchev–Trinajstić information content (AvgIpc) is 2.92. The fraction of sp³-hybridized carbons (Fsp3) is 0.923. The smallest absolute Gasteiger partial charge is 0.338 e. The maximum atomic E-state index is 11.8. The predicted octanol–water partition coefficient (Wildman–Crippen LogP) is -0.0557. The van der Waals surface area contributed by atoms with Gasteiger partial charge in [0.05, 0.1) is 6.61 Å². The summed E-state index contributed by atoms with van der Waals surface area (Å²) in [5.41, 5.74) is 0. The van der Waals surface area contributed by atoms with E-state index >= 15 is 0 Å². The van der Waals surface area contributed by atoms with Crippen LogP contribution in [0.25, 0.3) is 0 Å². The minimum Gasteiger partial charge on any atom is -0.455 e. The highest BCUT2D eigenvalue weighted by Gasteiger charge is 2.59. The lowest BCUT2D eigenvalue weighted by molar-refractivity contribution is -0.203. The van der Waals surface area contributed by atoms with Crippen LogP contribution in [0.15, 0.2) is 0 Å². The van der Waals surface area contributed by atoms with Crippen molar-refractivity contribution in [1.29, 1.82) is 0 Å². The van der Waals surface area contributed by atoms with Gasteiger partial charge in [0.1, 0.15) is 18.3 Å². The summed E-state index contributed by atoms with van der Waals surface area (Å²) in [6, 6.07) is 0. The highest BCUT2D eigenvalue weighted by Crippen LogP contribution is 2.38. The largest absolute Gasteiger partial charge is 0.455 e. The van der Waals surface area contributed by atoms with Crippen molar-refractivity contribution in [3.8, 4) is 0 Å². The molecule has 7 heteroatoms. The van der Waals surface area contributed by atoms with Crippen molar-refractivity contribution >= 4 is 5.97 Å². The molecule has 7 nitrogen and oxygen atoms in total. The second-order valence-corrected chi connectivity index (χ2v) is 6.28. The number of ether oxygens (including phenoxy) is 5. The van der Waals surface area contributed by atoms with E-state index in [4.69, 9.17) is 23.7 Å². The number of hydrogen-bond acceptors (Lipinski definition) is 7. The van der Waals surface area contributed by atoms with Crippen LogP contribution in [0, 0.1) is 0 Å². The first-order chi connectivity index (χ1) is 9.19. The van der Waals surface area contributed by atoms with E-state index in [1.54, 1.807) is 27.7 Å². The zero-order chi connectivity index (χ0) is 14.7. The van der Waals surface area contributed by atoms with E-state index in [-0.39, 0.29) is 6.61 Å². The van der Waals surface area contributed by atoms with E-state index in [9.17, 15) is 9.90 Å². The highest BCUT2D eigenvalue weighted by molar-refractivity contribution is 5.78. The number of cyclic esters (lactones) is 1. The topological polar surface area (TPSA) is 83.5 Å². The molecular weight excluding hydrogens is 268 g/mol. The molecule has 0 aromatic carbocycles. The minimum absolute atomic E-state index is 0.240. The summed E-state index contributed by atoms with van der Waals surface area (Å²) >= 11 is 0. The van der Waals surface area contributed by atoms with Crippen molar-refractivity contribution in [1.82, 2.24) is 0 Å². The zero-order valence-electron chi connectivity index (χ0n) is 12.0. The monoisotopic (exact) mass is 288 g/mol. The van der Waals surface area contributed by atoms with Crippen LogP contribution in [-0.2, 0) is 28.5 Å². The number of rotatable bonds is 2. The van der Waals surface area contributed by atoms with Gasteiger partial charge in [-0.15, -0.1) is 0 Å².